The lowest BCUT2D eigenvalue weighted by molar-refractivity contribution is -0.118. The van der Waals surface area contributed by atoms with Crippen LogP contribution in [0.5, 0.6) is 0 Å². The summed E-state index contributed by atoms with van der Waals surface area (Å²) in [5.74, 6) is 0.182. The molecule has 3 rings (SSSR count). The number of nitrogens with two attached hydrogens (primary N) is 2. The van der Waals surface area contributed by atoms with Crippen LogP contribution in [0.1, 0.15) is 35.8 Å². The molecule has 1 aromatic carbocycles. The highest BCUT2D eigenvalue weighted by Gasteiger charge is 2.23. The van der Waals surface area contributed by atoms with Crippen molar-refractivity contribution in [3.63, 3.8) is 0 Å². The number of anilines is 2. The molecule has 0 aliphatic carbocycles. The SMILES string of the molecule is CC(Nc1cc(C(N)=O)nc(N2CCC(Cc3cc#ccc3)CC2)n1)C(N)=O. The van der Waals surface area contributed by atoms with E-state index in [1.807, 2.05) is 17.0 Å². The molecule has 8 nitrogen and oxygen atoms in total. The predicted octanol–water partition coefficient (Wildman–Crippen LogP) is 0.921. The van der Waals surface area contributed by atoms with Gasteiger partial charge in [0.1, 0.15) is 17.6 Å². The van der Waals surface area contributed by atoms with E-state index in [1.54, 1.807) is 6.92 Å². The Hall–Kier alpha value is -3.34. The fraction of sp³-hybridized carbons (Fsp3) is 0.400. The Balaban J connectivity index is 1.70. The summed E-state index contributed by atoms with van der Waals surface area (Å²) in [7, 11) is 0. The Bertz CT molecular complexity index is 834. The van der Waals surface area contributed by atoms with Crippen molar-refractivity contribution in [3.8, 4) is 0 Å². The third kappa shape index (κ3) is 4.88. The van der Waals surface area contributed by atoms with Crippen LogP contribution in [0, 0.1) is 18.1 Å². The van der Waals surface area contributed by atoms with Gasteiger partial charge in [0.2, 0.25) is 11.9 Å². The lowest BCUT2D eigenvalue weighted by atomic mass is 9.90. The lowest BCUT2D eigenvalue weighted by Gasteiger charge is -2.32. The van der Waals surface area contributed by atoms with E-state index in [0.717, 1.165) is 32.4 Å². The molecule has 2 aromatic rings. The molecule has 0 bridgehead atoms. The first-order chi connectivity index (χ1) is 13.4. The van der Waals surface area contributed by atoms with Crippen LogP contribution in [0.2, 0.25) is 0 Å². The minimum absolute atomic E-state index is 0.0994. The zero-order valence-corrected chi connectivity index (χ0v) is 15.8. The van der Waals surface area contributed by atoms with Gasteiger partial charge in [-0.3, -0.25) is 9.59 Å². The van der Waals surface area contributed by atoms with Crippen molar-refractivity contribution in [1.29, 1.82) is 0 Å². The summed E-state index contributed by atoms with van der Waals surface area (Å²) in [5.41, 5.74) is 12.1. The number of piperidine rings is 1. The summed E-state index contributed by atoms with van der Waals surface area (Å²) in [6.07, 6.45) is 2.98. The van der Waals surface area contributed by atoms with Crippen LogP contribution in [0.3, 0.4) is 0 Å². The number of rotatable bonds is 7. The van der Waals surface area contributed by atoms with E-state index in [4.69, 9.17) is 11.5 Å². The van der Waals surface area contributed by atoms with E-state index in [9.17, 15) is 9.59 Å². The molecule has 1 saturated heterocycles. The van der Waals surface area contributed by atoms with E-state index in [0.29, 0.717) is 17.7 Å². The fourth-order valence-electron chi connectivity index (χ4n) is 3.25. The van der Waals surface area contributed by atoms with Crippen LogP contribution < -0.4 is 21.7 Å². The number of hydrogen-bond donors (Lipinski definition) is 3. The van der Waals surface area contributed by atoms with Gasteiger partial charge in [0.25, 0.3) is 5.91 Å². The largest absolute Gasteiger partial charge is 0.368 e. The van der Waals surface area contributed by atoms with Crippen LogP contribution >= 0.6 is 0 Å². The average molecular weight is 380 g/mol. The van der Waals surface area contributed by atoms with Crippen molar-refractivity contribution in [2.75, 3.05) is 23.3 Å². The summed E-state index contributed by atoms with van der Waals surface area (Å²) in [6.45, 7) is 3.18. The molecule has 1 atom stereocenters. The van der Waals surface area contributed by atoms with Gasteiger partial charge in [-0.05, 0) is 55.9 Å². The fourth-order valence-corrected chi connectivity index (χ4v) is 3.25. The topological polar surface area (TPSA) is 127 Å². The Kier molecular flexibility index (Phi) is 5.94. The second-order valence-corrected chi connectivity index (χ2v) is 7.05. The summed E-state index contributed by atoms with van der Waals surface area (Å²) in [4.78, 5) is 33.7. The quantitative estimate of drug-likeness (QED) is 0.655. The second-order valence-electron chi connectivity index (χ2n) is 7.05. The molecular formula is C20H24N6O2. The van der Waals surface area contributed by atoms with Gasteiger partial charge in [-0.15, -0.1) is 0 Å². The van der Waals surface area contributed by atoms with Gasteiger partial charge < -0.3 is 21.7 Å². The molecule has 2 amide bonds. The van der Waals surface area contributed by atoms with Crippen molar-refractivity contribution >= 4 is 23.6 Å². The summed E-state index contributed by atoms with van der Waals surface area (Å²) in [6, 6.07) is 12.6. The Labute approximate surface area is 164 Å². The first-order valence-corrected chi connectivity index (χ1v) is 9.28. The number of nitrogens with one attached hydrogen (secondary N) is 1. The molecule has 0 spiro atoms. The Morgan fingerprint density at radius 2 is 2.04 bits per heavy atom. The van der Waals surface area contributed by atoms with Gasteiger partial charge in [0, 0.05) is 19.2 Å². The smallest absolute Gasteiger partial charge is 0.267 e. The highest BCUT2D eigenvalue weighted by atomic mass is 16.1. The zero-order chi connectivity index (χ0) is 20.1. The van der Waals surface area contributed by atoms with Crippen molar-refractivity contribution in [3.05, 3.63) is 47.7 Å². The Morgan fingerprint density at radius 1 is 1.29 bits per heavy atom. The number of nitrogens with zero attached hydrogens (tertiary/aromatic N) is 3. The van der Waals surface area contributed by atoms with Crippen LogP contribution in [0.25, 0.3) is 0 Å². The zero-order valence-electron chi connectivity index (χ0n) is 15.8. The van der Waals surface area contributed by atoms with E-state index in [-0.39, 0.29) is 5.69 Å². The normalized spacial score (nSPS) is 15.5. The monoisotopic (exact) mass is 380 g/mol. The molecule has 2 heterocycles. The standard InChI is InChI=1S/C20H24N6O2/c1-13(18(21)27)23-17-12-16(19(22)28)24-20(25-17)26-9-7-15(8-10-26)11-14-5-3-2-4-6-14/h3,5-6,12-13,15H,7-11H2,1H3,(H2,21,27)(H2,22,28)(H,23,24,25). The second kappa shape index (κ2) is 8.57. The number of amides is 2. The average Bonchev–Trinajstić information content (AvgIpc) is 2.69. The molecular weight excluding hydrogens is 356 g/mol. The minimum Gasteiger partial charge on any atom is -0.368 e. The van der Waals surface area contributed by atoms with Gasteiger partial charge in [-0.2, -0.15) is 4.98 Å². The van der Waals surface area contributed by atoms with E-state index < -0.39 is 17.9 Å². The Morgan fingerprint density at radius 3 is 2.64 bits per heavy atom. The number of carbonyl (C=O) groups excluding carboxylic acids is 2. The highest BCUT2D eigenvalue weighted by Crippen LogP contribution is 2.25. The van der Waals surface area contributed by atoms with Crippen molar-refractivity contribution in [2.24, 2.45) is 17.4 Å². The van der Waals surface area contributed by atoms with Crippen LogP contribution in [0.4, 0.5) is 11.8 Å². The van der Waals surface area contributed by atoms with E-state index in [2.05, 4.69) is 33.5 Å². The molecule has 1 fully saturated rings. The highest BCUT2D eigenvalue weighted by molar-refractivity contribution is 5.92. The van der Waals surface area contributed by atoms with Gasteiger partial charge >= 0.3 is 0 Å². The predicted molar refractivity (Wildman–Crippen MR) is 106 cm³/mol. The first-order valence-electron chi connectivity index (χ1n) is 9.28. The third-order valence-electron chi connectivity index (χ3n) is 4.90. The molecule has 1 aliphatic rings. The number of primary amides is 2. The minimum atomic E-state index is -0.648. The van der Waals surface area contributed by atoms with Crippen molar-refractivity contribution in [1.82, 2.24) is 9.97 Å². The number of hydrogen-bond acceptors (Lipinski definition) is 6. The van der Waals surface area contributed by atoms with Crippen molar-refractivity contribution < 1.29 is 9.59 Å². The number of aromatic nitrogens is 2. The molecule has 8 heteroatoms. The maximum absolute atomic E-state index is 11.7. The van der Waals surface area contributed by atoms with Gasteiger partial charge in [-0.25, -0.2) is 4.98 Å². The molecule has 1 aromatic heterocycles. The van der Waals surface area contributed by atoms with Gasteiger partial charge in [0.15, 0.2) is 0 Å². The molecule has 1 unspecified atom stereocenters. The molecule has 5 N–H and O–H groups in total. The summed E-state index contributed by atoms with van der Waals surface area (Å²) in [5, 5.41) is 2.89. The van der Waals surface area contributed by atoms with Crippen molar-refractivity contribution in [2.45, 2.75) is 32.2 Å². The summed E-state index contributed by atoms with van der Waals surface area (Å²) < 4.78 is 0. The van der Waals surface area contributed by atoms with E-state index >= 15 is 0 Å². The molecule has 28 heavy (non-hydrogen) atoms. The molecule has 146 valence electrons. The van der Waals surface area contributed by atoms with Gasteiger partial charge in [0.05, 0.1) is 0 Å². The van der Waals surface area contributed by atoms with Gasteiger partial charge in [-0.1, -0.05) is 12.1 Å². The molecule has 0 radical (unpaired) electrons. The third-order valence-corrected chi connectivity index (χ3v) is 4.90. The number of carbonyl (C=O) groups is 2. The molecule has 1 aliphatic heterocycles. The summed E-state index contributed by atoms with van der Waals surface area (Å²) >= 11 is 0. The lowest BCUT2D eigenvalue weighted by Crippen LogP contribution is -2.37. The first kappa shape index (κ1) is 19.4. The maximum atomic E-state index is 11.7. The maximum Gasteiger partial charge on any atom is 0.267 e. The van der Waals surface area contributed by atoms with Crippen LogP contribution in [-0.2, 0) is 11.2 Å². The van der Waals surface area contributed by atoms with Crippen LogP contribution in [0.15, 0.2) is 24.3 Å². The molecule has 0 saturated carbocycles. The van der Waals surface area contributed by atoms with Crippen LogP contribution in [-0.4, -0.2) is 40.9 Å². The van der Waals surface area contributed by atoms with E-state index in [1.165, 1.54) is 11.6 Å².